The van der Waals surface area contributed by atoms with Crippen LogP contribution in [0.3, 0.4) is 0 Å². The Morgan fingerprint density at radius 3 is 1.81 bits per heavy atom. The third kappa shape index (κ3) is 8.53. The van der Waals surface area contributed by atoms with Gasteiger partial charge in [-0.1, -0.05) is 63.9 Å². The normalized spacial score (nSPS) is 18.9. The van der Waals surface area contributed by atoms with Crippen molar-refractivity contribution in [3.05, 3.63) is 12.7 Å². The van der Waals surface area contributed by atoms with Crippen molar-refractivity contribution < 1.29 is 9.59 Å². The highest BCUT2D eigenvalue weighted by Crippen LogP contribution is 2.16. The van der Waals surface area contributed by atoms with Crippen LogP contribution in [0.5, 0.6) is 0 Å². The lowest BCUT2D eigenvalue weighted by Gasteiger charge is -2.19. The van der Waals surface area contributed by atoms with Crippen molar-refractivity contribution in [2.24, 2.45) is 0 Å². The van der Waals surface area contributed by atoms with Crippen molar-refractivity contribution in [1.82, 2.24) is 10.6 Å². The van der Waals surface area contributed by atoms with Crippen molar-refractivity contribution in [3.63, 3.8) is 0 Å². The number of nitrogens with one attached hydrogen (secondary N) is 2. The highest BCUT2D eigenvalue weighted by atomic mass is 16.2. The zero-order valence-corrected chi connectivity index (χ0v) is 13.2. The van der Waals surface area contributed by atoms with E-state index >= 15 is 0 Å². The van der Waals surface area contributed by atoms with Crippen LogP contribution < -0.4 is 10.6 Å². The molecular formula is C17H30N2O2. The molecule has 0 aromatic heterocycles. The van der Waals surface area contributed by atoms with Gasteiger partial charge in [-0.05, 0) is 12.8 Å². The molecule has 0 aliphatic heterocycles. The fraction of sp³-hybridized carbons (Fsp3) is 0.765. The number of hydrogen-bond donors (Lipinski definition) is 2. The van der Waals surface area contributed by atoms with Crippen LogP contribution in [0.15, 0.2) is 12.7 Å². The molecule has 0 aromatic rings. The molecule has 0 saturated heterocycles. The lowest BCUT2D eigenvalue weighted by molar-refractivity contribution is -0.139. The molecule has 120 valence electrons. The maximum atomic E-state index is 11.8. The van der Waals surface area contributed by atoms with Crippen LogP contribution in [0.4, 0.5) is 0 Å². The minimum Gasteiger partial charge on any atom is -0.345 e. The second kappa shape index (κ2) is 11.4. The summed E-state index contributed by atoms with van der Waals surface area (Å²) in [5, 5.41) is 5.42. The van der Waals surface area contributed by atoms with Gasteiger partial charge in [-0.15, -0.1) is 6.58 Å². The lowest BCUT2D eigenvalue weighted by Crippen LogP contribution is -2.44. The van der Waals surface area contributed by atoms with Gasteiger partial charge in [0.05, 0.1) is 0 Å². The van der Waals surface area contributed by atoms with Crippen LogP contribution in [-0.2, 0) is 9.59 Å². The summed E-state index contributed by atoms with van der Waals surface area (Å²) in [5.74, 6) is -1.06. The van der Waals surface area contributed by atoms with Crippen LogP contribution in [0.1, 0.15) is 70.6 Å². The molecule has 0 radical (unpaired) electrons. The fourth-order valence-electron chi connectivity index (χ4n) is 2.80. The molecule has 0 atom stereocenters. The van der Waals surface area contributed by atoms with E-state index in [2.05, 4.69) is 17.2 Å². The van der Waals surface area contributed by atoms with Gasteiger partial charge in [0, 0.05) is 12.6 Å². The predicted molar refractivity (Wildman–Crippen MR) is 85.9 cm³/mol. The SMILES string of the molecule is C=CCNC(=O)C(=O)NC1CCCCCCCCCCC1. The number of carbonyl (C=O) groups is 2. The summed E-state index contributed by atoms with van der Waals surface area (Å²) in [6.45, 7) is 3.85. The molecule has 0 unspecified atom stereocenters. The van der Waals surface area contributed by atoms with Crippen LogP contribution in [0.25, 0.3) is 0 Å². The van der Waals surface area contributed by atoms with Crippen molar-refractivity contribution in [1.29, 1.82) is 0 Å². The zero-order chi connectivity index (χ0) is 15.3. The first kappa shape index (κ1) is 17.7. The molecule has 1 aliphatic rings. The predicted octanol–water partition coefficient (Wildman–Crippen LogP) is 3.08. The van der Waals surface area contributed by atoms with E-state index in [9.17, 15) is 9.59 Å². The molecule has 0 aromatic carbocycles. The molecule has 1 saturated carbocycles. The van der Waals surface area contributed by atoms with E-state index in [-0.39, 0.29) is 6.04 Å². The largest absolute Gasteiger partial charge is 0.345 e. The van der Waals surface area contributed by atoms with Crippen molar-refractivity contribution in [2.45, 2.75) is 76.7 Å². The monoisotopic (exact) mass is 294 g/mol. The van der Waals surface area contributed by atoms with E-state index in [1.54, 1.807) is 6.08 Å². The quantitative estimate of drug-likeness (QED) is 0.621. The highest BCUT2D eigenvalue weighted by molar-refractivity contribution is 6.35. The van der Waals surface area contributed by atoms with E-state index in [0.29, 0.717) is 6.54 Å². The van der Waals surface area contributed by atoms with Gasteiger partial charge in [0.15, 0.2) is 0 Å². The molecular weight excluding hydrogens is 264 g/mol. The molecule has 0 heterocycles. The molecule has 1 rings (SSSR count). The zero-order valence-electron chi connectivity index (χ0n) is 13.2. The van der Waals surface area contributed by atoms with Gasteiger partial charge in [0.25, 0.3) is 0 Å². The summed E-state index contributed by atoms with van der Waals surface area (Å²) in [6.07, 6.45) is 14.9. The van der Waals surface area contributed by atoms with Gasteiger partial charge in [0.2, 0.25) is 0 Å². The number of amides is 2. The van der Waals surface area contributed by atoms with E-state index in [4.69, 9.17) is 0 Å². The van der Waals surface area contributed by atoms with Crippen LogP contribution in [0.2, 0.25) is 0 Å². The lowest BCUT2D eigenvalue weighted by atomic mass is 9.98. The van der Waals surface area contributed by atoms with Gasteiger partial charge in [0.1, 0.15) is 0 Å². The Bertz CT molecular complexity index is 317. The maximum absolute atomic E-state index is 11.8. The Hall–Kier alpha value is -1.32. The second-order valence-corrected chi connectivity index (χ2v) is 5.93. The Morgan fingerprint density at radius 2 is 1.33 bits per heavy atom. The number of carbonyl (C=O) groups excluding carboxylic acids is 2. The second-order valence-electron chi connectivity index (χ2n) is 5.93. The van der Waals surface area contributed by atoms with Gasteiger partial charge < -0.3 is 10.6 Å². The Morgan fingerprint density at radius 1 is 0.857 bits per heavy atom. The summed E-state index contributed by atoms with van der Waals surface area (Å²) in [6, 6.07) is 0.145. The van der Waals surface area contributed by atoms with Gasteiger partial charge in [-0.2, -0.15) is 0 Å². The summed E-state index contributed by atoms with van der Waals surface area (Å²) in [5.41, 5.74) is 0. The molecule has 1 aliphatic carbocycles. The van der Waals surface area contributed by atoms with E-state index < -0.39 is 11.8 Å². The Balaban J connectivity index is 2.38. The molecule has 21 heavy (non-hydrogen) atoms. The average molecular weight is 294 g/mol. The smallest absolute Gasteiger partial charge is 0.309 e. The van der Waals surface area contributed by atoms with Gasteiger partial charge in [-0.25, -0.2) is 0 Å². The van der Waals surface area contributed by atoms with Gasteiger partial charge >= 0.3 is 11.8 Å². The average Bonchev–Trinajstić information content (AvgIpc) is 2.47. The maximum Gasteiger partial charge on any atom is 0.309 e. The standard InChI is InChI=1S/C17H30N2O2/c1-2-14-18-16(20)17(21)19-15-12-10-8-6-4-3-5-7-9-11-13-15/h2,15H,1,3-14H2,(H,18,20)(H,19,21). The first-order chi connectivity index (χ1) is 10.2. The molecule has 2 amide bonds. The highest BCUT2D eigenvalue weighted by Gasteiger charge is 2.17. The summed E-state index contributed by atoms with van der Waals surface area (Å²) in [7, 11) is 0. The topological polar surface area (TPSA) is 58.2 Å². The third-order valence-corrected chi connectivity index (χ3v) is 4.05. The Kier molecular flexibility index (Phi) is 9.58. The van der Waals surface area contributed by atoms with E-state index in [0.717, 1.165) is 25.7 Å². The fourth-order valence-corrected chi connectivity index (χ4v) is 2.80. The molecule has 4 nitrogen and oxygen atoms in total. The first-order valence-corrected chi connectivity index (χ1v) is 8.43. The van der Waals surface area contributed by atoms with Crippen molar-refractivity contribution in [2.75, 3.05) is 6.54 Å². The third-order valence-electron chi connectivity index (χ3n) is 4.05. The van der Waals surface area contributed by atoms with E-state index in [1.165, 1.54) is 44.9 Å². The van der Waals surface area contributed by atoms with Crippen LogP contribution in [-0.4, -0.2) is 24.4 Å². The summed E-state index contributed by atoms with van der Waals surface area (Å²) >= 11 is 0. The van der Waals surface area contributed by atoms with Crippen LogP contribution in [0, 0.1) is 0 Å². The summed E-state index contributed by atoms with van der Waals surface area (Å²) in [4.78, 5) is 23.4. The molecule has 1 fully saturated rings. The number of hydrogen-bond acceptors (Lipinski definition) is 2. The van der Waals surface area contributed by atoms with Crippen molar-refractivity contribution in [3.8, 4) is 0 Å². The first-order valence-electron chi connectivity index (χ1n) is 8.43. The summed E-state index contributed by atoms with van der Waals surface area (Å²) < 4.78 is 0. The van der Waals surface area contributed by atoms with Crippen LogP contribution >= 0.6 is 0 Å². The molecule has 2 N–H and O–H groups in total. The van der Waals surface area contributed by atoms with E-state index in [1.807, 2.05) is 0 Å². The minimum atomic E-state index is -0.555. The molecule has 4 heteroatoms. The number of rotatable bonds is 3. The molecule has 0 spiro atoms. The minimum absolute atomic E-state index is 0.145. The van der Waals surface area contributed by atoms with Crippen molar-refractivity contribution >= 4 is 11.8 Å². The Labute approximate surface area is 128 Å². The molecule has 0 bridgehead atoms. The van der Waals surface area contributed by atoms with Gasteiger partial charge in [-0.3, -0.25) is 9.59 Å².